The van der Waals surface area contributed by atoms with E-state index >= 15 is 0 Å². The van der Waals surface area contributed by atoms with Gasteiger partial charge in [0.25, 0.3) is 0 Å². The molecule has 0 amide bonds. The zero-order valence-corrected chi connectivity index (χ0v) is 18.2. The molecule has 1 saturated heterocycles. The van der Waals surface area contributed by atoms with Gasteiger partial charge in [-0.3, -0.25) is 0 Å². The Bertz CT molecular complexity index is 1090. The van der Waals surface area contributed by atoms with Crippen molar-refractivity contribution < 1.29 is 19.4 Å². The highest BCUT2D eigenvalue weighted by Gasteiger charge is 2.17. The van der Waals surface area contributed by atoms with E-state index in [0.29, 0.717) is 6.54 Å². The SMILES string of the molecule is O=C(O)c1ccco1.OC(CN1CCCCCC1)Cn1c2ccccc2c2ccccc21. The molecular formula is C26H30N2O4. The van der Waals surface area contributed by atoms with E-state index in [9.17, 15) is 9.90 Å². The molecule has 168 valence electrons. The van der Waals surface area contributed by atoms with Crippen molar-refractivity contribution in [3.63, 3.8) is 0 Å². The lowest BCUT2D eigenvalue weighted by Crippen LogP contribution is -2.35. The lowest BCUT2D eigenvalue weighted by Gasteiger charge is -2.24. The number of β-amino-alcohol motifs (C(OH)–C–C–N with tert-alkyl or cyclic N) is 1. The minimum absolute atomic E-state index is 0.0231. The highest BCUT2D eigenvalue weighted by molar-refractivity contribution is 6.07. The summed E-state index contributed by atoms with van der Waals surface area (Å²) in [5.74, 6) is -1.06. The molecule has 0 radical (unpaired) electrons. The molecule has 32 heavy (non-hydrogen) atoms. The summed E-state index contributed by atoms with van der Waals surface area (Å²) in [6.45, 7) is 3.69. The van der Waals surface area contributed by atoms with Crippen LogP contribution >= 0.6 is 0 Å². The first-order valence-electron chi connectivity index (χ1n) is 11.3. The molecule has 6 heteroatoms. The van der Waals surface area contributed by atoms with Crippen LogP contribution in [0.25, 0.3) is 21.8 Å². The first kappa shape index (κ1) is 22.1. The summed E-state index contributed by atoms with van der Waals surface area (Å²) in [6.07, 6.45) is 6.19. The molecule has 0 bridgehead atoms. The molecule has 0 spiro atoms. The Balaban J connectivity index is 0.000000260. The molecule has 4 aromatic rings. The maximum Gasteiger partial charge on any atom is 0.371 e. The van der Waals surface area contributed by atoms with Crippen LogP contribution in [0.1, 0.15) is 36.2 Å². The van der Waals surface area contributed by atoms with Crippen molar-refractivity contribution in [1.29, 1.82) is 0 Å². The number of rotatable bonds is 5. The van der Waals surface area contributed by atoms with Crippen LogP contribution in [0.5, 0.6) is 0 Å². The Morgan fingerprint density at radius 1 is 0.844 bits per heavy atom. The maximum atomic E-state index is 10.7. The van der Waals surface area contributed by atoms with E-state index in [1.165, 1.54) is 65.9 Å². The van der Waals surface area contributed by atoms with Crippen molar-refractivity contribution in [2.24, 2.45) is 0 Å². The van der Waals surface area contributed by atoms with Gasteiger partial charge in [0.15, 0.2) is 0 Å². The van der Waals surface area contributed by atoms with Gasteiger partial charge in [-0.05, 0) is 50.2 Å². The third-order valence-corrected chi connectivity index (χ3v) is 5.97. The summed E-state index contributed by atoms with van der Waals surface area (Å²) in [5.41, 5.74) is 2.43. The van der Waals surface area contributed by atoms with Crippen molar-refractivity contribution in [1.82, 2.24) is 9.47 Å². The smallest absolute Gasteiger partial charge is 0.371 e. The normalized spacial score (nSPS) is 15.8. The molecule has 1 aliphatic rings. The fraction of sp³-hybridized carbons (Fsp3) is 0.346. The van der Waals surface area contributed by atoms with Crippen LogP contribution < -0.4 is 0 Å². The van der Waals surface area contributed by atoms with Gasteiger partial charge in [0, 0.05) is 28.4 Å². The fourth-order valence-electron chi connectivity index (χ4n) is 4.49. The standard InChI is InChI=1S/C21H26N2O.C5H4O3/c24-17(15-22-13-7-1-2-8-14-22)16-23-20-11-5-3-9-18(20)19-10-4-6-12-21(19)23;6-5(7)4-2-1-3-8-4/h3-6,9-12,17,24H,1-2,7-8,13-16H2;1-3H,(H,6,7). The van der Waals surface area contributed by atoms with Crippen molar-refractivity contribution in [3.8, 4) is 0 Å². The van der Waals surface area contributed by atoms with Crippen molar-refractivity contribution in [2.75, 3.05) is 19.6 Å². The van der Waals surface area contributed by atoms with Crippen LogP contribution in [-0.4, -0.2) is 51.4 Å². The number of aliphatic hydroxyl groups excluding tert-OH is 1. The van der Waals surface area contributed by atoms with Crippen molar-refractivity contribution in [2.45, 2.75) is 38.3 Å². The molecule has 1 unspecified atom stereocenters. The number of carboxylic acid groups (broad SMARTS) is 1. The molecule has 3 heterocycles. The summed E-state index contributed by atoms with van der Waals surface area (Å²) in [7, 11) is 0. The van der Waals surface area contributed by atoms with E-state index < -0.39 is 5.97 Å². The van der Waals surface area contributed by atoms with E-state index in [2.05, 4.69) is 62.4 Å². The number of likely N-dealkylation sites (tertiary alicyclic amines) is 1. The number of carboxylic acids is 1. The zero-order chi connectivity index (χ0) is 22.3. The molecule has 2 aromatic heterocycles. The summed E-state index contributed by atoms with van der Waals surface area (Å²) < 4.78 is 6.78. The van der Waals surface area contributed by atoms with Gasteiger partial charge in [0.05, 0.1) is 18.9 Å². The van der Waals surface area contributed by atoms with E-state index in [1.54, 1.807) is 0 Å². The van der Waals surface area contributed by atoms with E-state index in [4.69, 9.17) is 5.11 Å². The van der Waals surface area contributed by atoms with Gasteiger partial charge in [-0.2, -0.15) is 0 Å². The quantitative estimate of drug-likeness (QED) is 0.462. The predicted octanol–water partition coefficient (Wildman–Crippen LogP) is 5.01. The van der Waals surface area contributed by atoms with Gasteiger partial charge < -0.3 is 24.1 Å². The Kier molecular flexibility index (Phi) is 7.24. The first-order valence-corrected chi connectivity index (χ1v) is 11.3. The zero-order valence-electron chi connectivity index (χ0n) is 18.2. The number of para-hydroxylation sites is 2. The third-order valence-electron chi connectivity index (χ3n) is 5.97. The third kappa shape index (κ3) is 5.21. The number of hydrogen-bond acceptors (Lipinski definition) is 4. The number of aromatic carboxylic acids is 1. The second kappa shape index (κ2) is 10.5. The lowest BCUT2D eigenvalue weighted by molar-refractivity contribution is 0.0662. The van der Waals surface area contributed by atoms with Crippen LogP contribution in [0.2, 0.25) is 0 Å². The van der Waals surface area contributed by atoms with Gasteiger partial charge in [-0.15, -0.1) is 0 Å². The van der Waals surface area contributed by atoms with Crippen LogP contribution in [0.3, 0.4) is 0 Å². The molecule has 6 nitrogen and oxygen atoms in total. The minimum atomic E-state index is -1.03. The highest BCUT2D eigenvalue weighted by atomic mass is 16.4. The summed E-state index contributed by atoms with van der Waals surface area (Å²) in [4.78, 5) is 12.4. The second-order valence-electron chi connectivity index (χ2n) is 8.30. The molecular weight excluding hydrogens is 404 g/mol. The lowest BCUT2D eigenvalue weighted by atomic mass is 10.2. The number of hydrogen-bond donors (Lipinski definition) is 2. The summed E-state index contributed by atoms with van der Waals surface area (Å²) >= 11 is 0. The van der Waals surface area contributed by atoms with Crippen LogP contribution in [0.4, 0.5) is 0 Å². The van der Waals surface area contributed by atoms with Gasteiger partial charge >= 0.3 is 5.97 Å². The molecule has 1 atom stereocenters. The number of benzene rings is 2. The number of fused-ring (bicyclic) bond motifs is 3. The molecule has 0 aliphatic carbocycles. The number of furan rings is 1. The van der Waals surface area contributed by atoms with Crippen LogP contribution in [0, 0.1) is 0 Å². The average molecular weight is 435 g/mol. The van der Waals surface area contributed by atoms with Gasteiger partial charge in [-0.25, -0.2) is 4.79 Å². The van der Waals surface area contributed by atoms with Crippen LogP contribution in [-0.2, 0) is 6.54 Å². The van der Waals surface area contributed by atoms with E-state index in [-0.39, 0.29) is 11.9 Å². The summed E-state index contributed by atoms with van der Waals surface area (Å²) in [6, 6.07) is 19.9. The number of aliphatic hydroxyl groups is 1. The largest absolute Gasteiger partial charge is 0.475 e. The van der Waals surface area contributed by atoms with Gasteiger partial charge in [0.2, 0.25) is 5.76 Å². The topological polar surface area (TPSA) is 78.8 Å². The number of nitrogens with zero attached hydrogens (tertiary/aromatic N) is 2. The van der Waals surface area contributed by atoms with E-state index in [0.717, 1.165) is 19.6 Å². The minimum Gasteiger partial charge on any atom is -0.475 e. The van der Waals surface area contributed by atoms with Crippen molar-refractivity contribution >= 4 is 27.8 Å². The average Bonchev–Trinajstić information content (AvgIpc) is 3.37. The number of aromatic nitrogens is 1. The monoisotopic (exact) mass is 434 g/mol. The first-order chi connectivity index (χ1) is 15.6. The molecule has 1 fully saturated rings. The molecule has 5 rings (SSSR count). The molecule has 2 N–H and O–H groups in total. The molecule has 1 aliphatic heterocycles. The Labute approximate surface area is 187 Å². The van der Waals surface area contributed by atoms with Crippen LogP contribution in [0.15, 0.2) is 71.3 Å². The predicted molar refractivity (Wildman–Crippen MR) is 126 cm³/mol. The maximum absolute atomic E-state index is 10.7. The fourth-order valence-corrected chi connectivity index (χ4v) is 4.49. The molecule has 0 saturated carbocycles. The highest BCUT2D eigenvalue weighted by Crippen LogP contribution is 2.29. The number of carbonyl (C=O) groups is 1. The van der Waals surface area contributed by atoms with E-state index in [1.807, 2.05) is 0 Å². The Morgan fingerprint density at radius 2 is 1.44 bits per heavy atom. The Morgan fingerprint density at radius 3 is 1.94 bits per heavy atom. The van der Waals surface area contributed by atoms with Gasteiger partial charge in [-0.1, -0.05) is 49.2 Å². The second-order valence-corrected chi connectivity index (χ2v) is 8.30. The van der Waals surface area contributed by atoms with Crippen molar-refractivity contribution in [3.05, 3.63) is 72.7 Å². The van der Waals surface area contributed by atoms with Gasteiger partial charge in [0.1, 0.15) is 0 Å². The summed E-state index contributed by atoms with van der Waals surface area (Å²) in [5, 5.41) is 21.4. The molecule has 2 aromatic carbocycles. The Hall–Kier alpha value is -3.09.